The van der Waals surface area contributed by atoms with Gasteiger partial charge in [0.25, 0.3) is 0 Å². The highest BCUT2D eigenvalue weighted by molar-refractivity contribution is 7.99. The van der Waals surface area contributed by atoms with Crippen molar-refractivity contribution in [3.63, 3.8) is 0 Å². The Morgan fingerprint density at radius 2 is 2.28 bits per heavy atom. The summed E-state index contributed by atoms with van der Waals surface area (Å²) in [7, 11) is 0. The molecule has 1 aromatic rings. The Morgan fingerprint density at radius 3 is 3.06 bits per heavy atom. The minimum Gasteiger partial charge on any atom is -0.313 e. The molecule has 1 fully saturated rings. The smallest absolute Gasteiger partial charge is 0.144 e. The van der Waals surface area contributed by atoms with Crippen LogP contribution in [0.2, 0.25) is 5.02 Å². The molecule has 1 aliphatic rings. The fourth-order valence-corrected chi connectivity index (χ4v) is 3.97. The number of nitrogens with one attached hydrogen (secondary N) is 1. The SMILES string of the molecule is CCCNC1CSCC1Cc1cccc(Cl)c1F. The Morgan fingerprint density at radius 1 is 1.44 bits per heavy atom. The van der Waals surface area contributed by atoms with Gasteiger partial charge in [0.2, 0.25) is 0 Å². The van der Waals surface area contributed by atoms with Crippen LogP contribution in [0.5, 0.6) is 0 Å². The van der Waals surface area contributed by atoms with E-state index in [1.165, 1.54) is 0 Å². The third-order valence-corrected chi connectivity index (χ3v) is 4.92. The van der Waals surface area contributed by atoms with Crippen molar-refractivity contribution < 1.29 is 4.39 Å². The van der Waals surface area contributed by atoms with Crippen molar-refractivity contribution in [3.8, 4) is 0 Å². The van der Waals surface area contributed by atoms with Gasteiger partial charge in [0, 0.05) is 11.8 Å². The van der Waals surface area contributed by atoms with Gasteiger partial charge in [0.1, 0.15) is 5.82 Å². The molecule has 1 saturated heterocycles. The van der Waals surface area contributed by atoms with E-state index in [0.717, 1.165) is 36.5 Å². The minimum absolute atomic E-state index is 0.233. The van der Waals surface area contributed by atoms with Crippen molar-refractivity contribution in [1.29, 1.82) is 0 Å². The summed E-state index contributed by atoms with van der Waals surface area (Å²) in [6.07, 6.45) is 1.92. The van der Waals surface area contributed by atoms with E-state index >= 15 is 0 Å². The predicted molar refractivity (Wildman–Crippen MR) is 78.0 cm³/mol. The Bertz CT molecular complexity index is 399. The van der Waals surface area contributed by atoms with Gasteiger partial charge in [-0.2, -0.15) is 11.8 Å². The Hall–Kier alpha value is -0.250. The van der Waals surface area contributed by atoms with Crippen molar-refractivity contribution in [3.05, 3.63) is 34.6 Å². The molecule has 0 aliphatic carbocycles. The van der Waals surface area contributed by atoms with Gasteiger partial charge in [-0.05, 0) is 42.7 Å². The van der Waals surface area contributed by atoms with Gasteiger partial charge in [0.15, 0.2) is 0 Å². The van der Waals surface area contributed by atoms with Crippen LogP contribution < -0.4 is 5.32 Å². The molecule has 2 rings (SSSR count). The van der Waals surface area contributed by atoms with E-state index in [1.54, 1.807) is 6.07 Å². The second-order valence-electron chi connectivity index (χ2n) is 4.78. The topological polar surface area (TPSA) is 12.0 Å². The first-order valence-corrected chi connectivity index (χ1v) is 7.99. The lowest BCUT2D eigenvalue weighted by Gasteiger charge is -2.20. The van der Waals surface area contributed by atoms with Crippen LogP contribution in [0.1, 0.15) is 18.9 Å². The fraction of sp³-hybridized carbons (Fsp3) is 0.571. The lowest BCUT2D eigenvalue weighted by molar-refractivity contribution is 0.419. The number of thioether (sulfide) groups is 1. The molecule has 0 amide bonds. The number of rotatable bonds is 5. The zero-order valence-corrected chi connectivity index (χ0v) is 12.2. The first kappa shape index (κ1) is 14.2. The fourth-order valence-electron chi connectivity index (χ4n) is 2.34. The van der Waals surface area contributed by atoms with Gasteiger partial charge in [-0.1, -0.05) is 30.7 Å². The van der Waals surface area contributed by atoms with Gasteiger partial charge in [-0.25, -0.2) is 4.39 Å². The quantitative estimate of drug-likeness (QED) is 0.885. The molecule has 100 valence electrons. The number of hydrogen-bond acceptors (Lipinski definition) is 2. The zero-order chi connectivity index (χ0) is 13.0. The lowest BCUT2D eigenvalue weighted by Crippen LogP contribution is -2.36. The van der Waals surface area contributed by atoms with Gasteiger partial charge >= 0.3 is 0 Å². The van der Waals surface area contributed by atoms with E-state index in [1.807, 2.05) is 23.9 Å². The molecule has 18 heavy (non-hydrogen) atoms. The summed E-state index contributed by atoms with van der Waals surface area (Å²) in [6, 6.07) is 5.79. The molecule has 0 bridgehead atoms. The molecule has 2 atom stereocenters. The van der Waals surface area contributed by atoms with Gasteiger partial charge in [-0.3, -0.25) is 0 Å². The van der Waals surface area contributed by atoms with E-state index in [0.29, 0.717) is 12.0 Å². The van der Waals surface area contributed by atoms with E-state index in [4.69, 9.17) is 11.6 Å². The summed E-state index contributed by atoms with van der Waals surface area (Å²) >= 11 is 7.78. The second-order valence-corrected chi connectivity index (χ2v) is 6.26. The molecule has 1 nitrogen and oxygen atoms in total. The maximum absolute atomic E-state index is 13.9. The number of hydrogen-bond donors (Lipinski definition) is 1. The molecule has 4 heteroatoms. The highest BCUT2D eigenvalue weighted by Gasteiger charge is 2.28. The first-order valence-electron chi connectivity index (χ1n) is 6.46. The summed E-state index contributed by atoms with van der Waals surface area (Å²) in [5.74, 6) is 2.50. The summed E-state index contributed by atoms with van der Waals surface area (Å²) in [5, 5.41) is 3.79. The average molecular weight is 288 g/mol. The van der Waals surface area contributed by atoms with Crippen molar-refractivity contribution in [1.82, 2.24) is 5.32 Å². The van der Waals surface area contributed by atoms with Crippen LogP contribution in [0.25, 0.3) is 0 Å². The molecule has 0 saturated carbocycles. The van der Waals surface area contributed by atoms with Gasteiger partial charge in [-0.15, -0.1) is 0 Å². The second kappa shape index (κ2) is 6.78. The summed E-state index contributed by atoms with van der Waals surface area (Å²) in [4.78, 5) is 0. The summed E-state index contributed by atoms with van der Waals surface area (Å²) in [5.41, 5.74) is 0.748. The molecule has 1 aliphatic heterocycles. The molecule has 1 heterocycles. The maximum atomic E-state index is 13.9. The summed E-state index contributed by atoms with van der Waals surface area (Å²) in [6.45, 7) is 3.21. The van der Waals surface area contributed by atoms with Crippen molar-refractivity contribution in [2.24, 2.45) is 5.92 Å². The highest BCUT2D eigenvalue weighted by Crippen LogP contribution is 2.29. The van der Waals surface area contributed by atoms with Crippen LogP contribution >= 0.6 is 23.4 Å². The molecule has 0 radical (unpaired) electrons. The van der Waals surface area contributed by atoms with Crippen LogP contribution in [-0.4, -0.2) is 24.1 Å². The largest absolute Gasteiger partial charge is 0.313 e. The minimum atomic E-state index is -0.245. The lowest BCUT2D eigenvalue weighted by atomic mass is 9.94. The van der Waals surface area contributed by atoms with Gasteiger partial charge in [0.05, 0.1) is 5.02 Å². The molecule has 1 aromatic carbocycles. The van der Waals surface area contributed by atoms with E-state index in [-0.39, 0.29) is 10.8 Å². The van der Waals surface area contributed by atoms with E-state index in [2.05, 4.69) is 12.2 Å². The van der Waals surface area contributed by atoms with Crippen LogP contribution in [-0.2, 0) is 6.42 Å². The zero-order valence-electron chi connectivity index (χ0n) is 10.6. The molecular weight excluding hydrogens is 269 g/mol. The Kier molecular flexibility index (Phi) is 5.34. The first-order chi connectivity index (χ1) is 8.72. The maximum Gasteiger partial charge on any atom is 0.144 e. The summed E-state index contributed by atoms with van der Waals surface area (Å²) < 4.78 is 13.9. The van der Waals surface area contributed by atoms with Crippen molar-refractivity contribution in [2.75, 3.05) is 18.1 Å². The number of halogens is 2. The van der Waals surface area contributed by atoms with Crippen molar-refractivity contribution >= 4 is 23.4 Å². The third-order valence-electron chi connectivity index (χ3n) is 3.37. The molecule has 2 unspecified atom stereocenters. The highest BCUT2D eigenvalue weighted by atomic mass is 35.5. The monoisotopic (exact) mass is 287 g/mol. The molecular formula is C14H19ClFNS. The van der Waals surface area contributed by atoms with Crippen LogP contribution in [0.3, 0.4) is 0 Å². The molecule has 1 N–H and O–H groups in total. The predicted octanol–water partition coefficient (Wildman–Crippen LogP) is 3.75. The Balaban J connectivity index is 2.01. The Labute approximate surface area is 117 Å². The third kappa shape index (κ3) is 3.40. The van der Waals surface area contributed by atoms with E-state index in [9.17, 15) is 4.39 Å². The van der Waals surface area contributed by atoms with Crippen LogP contribution in [0.4, 0.5) is 4.39 Å². The average Bonchev–Trinajstić information content (AvgIpc) is 2.80. The van der Waals surface area contributed by atoms with Crippen LogP contribution in [0, 0.1) is 11.7 Å². The normalized spacial score (nSPS) is 23.5. The van der Waals surface area contributed by atoms with E-state index < -0.39 is 0 Å². The number of benzene rings is 1. The van der Waals surface area contributed by atoms with Crippen molar-refractivity contribution in [2.45, 2.75) is 25.8 Å². The molecule has 0 spiro atoms. The standard InChI is InChI=1S/C14H19ClFNS/c1-2-6-17-13-9-18-8-11(13)7-10-4-3-5-12(15)14(10)16/h3-5,11,13,17H,2,6-9H2,1H3. The van der Waals surface area contributed by atoms with Gasteiger partial charge < -0.3 is 5.32 Å². The van der Waals surface area contributed by atoms with Crippen LogP contribution in [0.15, 0.2) is 18.2 Å². The molecule has 0 aromatic heterocycles.